The third-order valence-electron chi connectivity index (χ3n) is 4.95. The lowest BCUT2D eigenvalue weighted by Crippen LogP contribution is -2.50. The molecule has 1 N–H and O–H groups in total. The van der Waals surface area contributed by atoms with Crippen LogP contribution in [0.15, 0.2) is 48.5 Å². The van der Waals surface area contributed by atoms with Gasteiger partial charge in [-0.2, -0.15) is 13.2 Å². The van der Waals surface area contributed by atoms with Crippen molar-refractivity contribution < 1.29 is 18.0 Å². The summed E-state index contributed by atoms with van der Waals surface area (Å²) in [6, 6.07) is 12.7. The number of amides is 2. The van der Waals surface area contributed by atoms with Gasteiger partial charge in [0.1, 0.15) is 0 Å². The Hall–Kier alpha value is -2.70. The van der Waals surface area contributed by atoms with E-state index in [-0.39, 0.29) is 6.03 Å². The molecule has 28 heavy (non-hydrogen) atoms. The molecule has 4 nitrogen and oxygen atoms in total. The van der Waals surface area contributed by atoms with Crippen molar-refractivity contribution in [1.29, 1.82) is 0 Å². The molecule has 0 atom stereocenters. The SMILES string of the molecule is CC(C)c1ccccc1NC(=O)N1CCN(c2ccc(C(F)(F)F)cc2)CC1. The molecule has 2 aromatic carbocycles. The van der Waals surface area contributed by atoms with Crippen LogP contribution in [0.1, 0.15) is 30.9 Å². The summed E-state index contributed by atoms with van der Waals surface area (Å²) in [5, 5.41) is 2.98. The van der Waals surface area contributed by atoms with Crippen molar-refractivity contribution in [3.8, 4) is 0 Å². The van der Waals surface area contributed by atoms with Crippen molar-refractivity contribution in [1.82, 2.24) is 4.90 Å². The Bertz CT molecular complexity index is 810. The minimum Gasteiger partial charge on any atom is -0.368 e. The van der Waals surface area contributed by atoms with Gasteiger partial charge < -0.3 is 15.1 Å². The highest BCUT2D eigenvalue weighted by Crippen LogP contribution is 2.31. The second-order valence-corrected chi connectivity index (χ2v) is 7.19. The van der Waals surface area contributed by atoms with Crippen molar-refractivity contribution in [2.45, 2.75) is 25.9 Å². The largest absolute Gasteiger partial charge is 0.416 e. The molecule has 0 aliphatic carbocycles. The lowest BCUT2D eigenvalue weighted by molar-refractivity contribution is -0.137. The monoisotopic (exact) mass is 391 g/mol. The van der Waals surface area contributed by atoms with E-state index in [4.69, 9.17) is 0 Å². The molecule has 3 rings (SSSR count). The summed E-state index contributed by atoms with van der Waals surface area (Å²) < 4.78 is 38.1. The van der Waals surface area contributed by atoms with E-state index in [1.807, 2.05) is 29.2 Å². The number of hydrogen-bond acceptors (Lipinski definition) is 2. The third-order valence-corrected chi connectivity index (χ3v) is 4.95. The summed E-state index contributed by atoms with van der Waals surface area (Å²) in [6.07, 6.45) is -4.33. The van der Waals surface area contributed by atoms with Crippen LogP contribution in [-0.4, -0.2) is 37.1 Å². The standard InChI is InChI=1S/C21H24F3N3O/c1-15(2)18-5-3-4-6-19(18)25-20(28)27-13-11-26(12-14-27)17-9-7-16(8-10-17)21(22,23)24/h3-10,15H,11-14H2,1-2H3,(H,25,28). The number of alkyl halides is 3. The molecule has 150 valence electrons. The van der Waals surface area contributed by atoms with Crippen LogP contribution in [0.3, 0.4) is 0 Å². The Balaban J connectivity index is 1.59. The molecule has 2 amide bonds. The fourth-order valence-corrected chi connectivity index (χ4v) is 3.34. The molecule has 1 aliphatic heterocycles. The van der Waals surface area contributed by atoms with Crippen LogP contribution in [0.4, 0.5) is 29.3 Å². The Morgan fingerprint density at radius 1 is 0.964 bits per heavy atom. The number of nitrogens with zero attached hydrogens (tertiary/aromatic N) is 2. The van der Waals surface area contributed by atoms with Gasteiger partial charge in [-0.3, -0.25) is 0 Å². The van der Waals surface area contributed by atoms with E-state index in [9.17, 15) is 18.0 Å². The molecule has 0 saturated carbocycles. The summed E-state index contributed by atoms with van der Waals surface area (Å²) >= 11 is 0. The van der Waals surface area contributed by atoms with Crippen molar-refractivity contribution in [2.24, 2.45) is 0 Å². The van der Waals surface area contributed by atoms with Gasteiger partial charge in [-0.25, -0.2) is 4.79 Å². The fraction of sp³-hybridized carbons (Fsp3) is 0.381. The van der Waals surface area contributed by atoms with Crippen LogP contribution < -0.4 is 10.2 Å². The van der Waals surface area contributed by atoms with Crippen LogP contribution in [0, 0.1) is 0 Å². The van der Waals surface area contributed by atoms with Gasteiger partial charge in [-0.15, -0.1) is 0 Å². The van der Waals surface area contributed by atoms with Gasteiger partial charge in [0.15, 0.2) is 0 Å². The van der Waals surface area contributed by atoms with Crippen molar-refractivity contribution in [3.63, 3.8) is 0 Å². The van der Waals surface area contributed by atoms with Gasteiger partial charge in [0.25, 0.3) is 0 Å². The van der Waals surface area contributed by atoms with E-state index in [0.29, 0.717) is 32.1 Å². The molecule has 0 aromatic heterocycles. The Morgan fingerprint density at radius 2 is 1.57 bits per heavy atom. The van der Waals surface area contributed by atoms with Gasteiger partial charge in [-0.1, -0.05) is 32.0 Å². The minimum absolute atomic E-state index is 0.153. The zero-order chi connectivity index (χ0) is 20.3. The highest BCUT2D eigenvalue weighted by atomic mass is 19.4. The topological polar surface area (TPSA) is 35.6 Å². The molecule has 2 aromatic rings. The normalized spacial score (nSPS) is 15.1. The molecule has 0 spiro atoms. The summed E-state index contributed by atoms with van der Waals surface area (Å²) in [6.45, 7) is 6.32. The number of urea groups is 1. The quantitative estimate of drug-likeness (QED) is 0.782. The van der Waals surface area contributed by atoms with Crippen LogP contribution in [0.2, 0.25) is 0 Å². The highest BCUT2D eigenvalue weighted by molar-refractivity contribution is 5.90. The van der Waals surface area contributed by atoms with Gasteiger partial charge >= 0.3 is 12.2 Å². The first-order valence-corrected chi connectivity index (χ1v) is 9.33. The zero-order valence-electron chi connectivity index (χ0n) is 16.0. The first-order chi connectivity index (χ1) is 13.3. The van der Waals surface area contributed by atoms with Gasteiger partial charge in [-0.05, 0) is 41.8 Å². The van der Waals surface area contributed by atoms with E-state index >= 15 is 0 Å². The molecule has 1 heterocycles. The molecule has 1 saturated heterocycles. The maximum absolute atomic E-state index is 12.7. The summed E-state index contributed by atoms with van der Waals surface area (Å²) in [4.78, 5) is 16.3. The van der Waals surface area contributed by atoms with Crippen LogP contribution in [-0.2, 0) is 6.18 Å². The highest BCUT2D eigenvalue weighted by Gasteiger charge is 2.30. The number of carbonyl (C=O) groups excluding carboxylic acids is 1. The maximum Gasteiger partial charge on any atom is 0.416 e. The molecule has 0 bridgehead atoms. The lowest BCUT2D eigenvalue weighted by atomic mass is 10.0. The number of para-hydroxylation sites is 1. The van der Waals surface area contributed by atoms with Crippen molar-refractivity contribution >= 4 is 17.4 Å². The lowest BCUT2D eigenvalue weighted by Gasteiger charge is -2.36. The average molecular weight is 391 g/mol. The zero-order valence-corrected chi connectivity index (χ0v) is 16.0. The van der Waals surface area contributed by atoms with Gasteiger partial charge in [0.05, 0.1) is 5.56 Å². The van der Waals surface area contributed by atoms with Gasteiger partial charge in [0.2, 0.25) is 0 Å². The van der Waals surface area contributed by atoms with Crippen LogP contribution >= 0.6 is 0 Å². The number of carbonyl (C=O) groups is 1. The number of piperazine rings is 1. The molecule has 1 aliphatic rings. The number of nitrogens with one attached hydrogen (secondary N) is 1. The number of halogens is 3. The summed E-state index contributed by atoms with van der Waals surface area (Å²) in [5.74, 6) is 0.299. The Labute approximate surface area is 162 Å². The molecular formula is C21H24F3N3O. The first kappa shape index (κ1) is 20.0. The first-order valence-electron chi connectivity index (χ1n) is 9.33. The minimum atomic E-state index is -4.33. The molecule has 1 fully saturated rings. The number of hydrogen-bond donors (Lipinski definition) is 1. The number of benzene rings is 2. The van der Waals surface area contributed by atoms with E-state index < -0.39 is 11.7 Å². The van der Waals surface area contributed by atoms with E-state index in [1.165, 1.54) is 12.1 Å². The fourth-order valence-electron chi connectivity index (χ4n) is 3.34. The summed E-state index contributed by atoms with van der Waals surface area (Å²) in [7, 11) is 0. The molecule has 0 radical (unpaired) electrons. The average Bonchev–Trinajstić information content (AvgIpc) is 2.68. The predicted octanol–water partition coefficient (Wildman–Crippen LogP) is 5.18. The van der Waals surface area contributed by atoms with Crippen LogP contribution in [0.5, 0.6) is 0 Å². The summed E-state index contributed by atoms with van der Waals surface area (Å²) in [5.41, 5.74) is 1.98. The number of rotatable bonds is 3. The second-order valence-electron chi connectivity index (χ2n) is 7.19. The molecule has 7 heteroatoms. The van der Waals surface area contributed by atoms with E-state index in [0.717, 1.165) is 29.1 Å². The predicted molar refractivity (Wildman–Crippen MR) is 105 cm³/mol. The smallest absolute Gasteiger partial charge is 0.368 e. The maximum atomic E-state index is 12.7. The molecular weight excluding hydrogens is 367 g/mol. The molecule has 0 unspecified atom stereocenters. The van der Waals surface area contributed by atoms with E-state index in [1.54, 1.807) is 4.90 Å². The third kappa shape index (κ3) is 4.58. The Morgan fingerprint density at radius 3 is 2.14 bits per heavy atom. The van der Waals surface area contributed by atoms with Crippen molar-refractivity contribution in [2.75, 3.05) is 36.4 Å². The second kappa shape index (κ2) is 8.12. The van der Waals surface area contributed by atoms with E-state index in [2.05, 4.69) is 19.2 Å². The number of anilines is 2. The van der Waals surface area contributed by atoms with Crippen LogP contribution in [0.25, 0.3) is 0 Å². The van der Waals surface area contributed by atoms with Gasteiger partial charge in [0, 0.05) is 37.6 Å². The Kier molecular flexibility index (Phi) is 5.82. The van der Waals surface area contributed by atoms with Crippen molar-refractivity contribution in [3.05, 3.63) is 59.7 Å².